The van der Waals surface area contributed by atoms with Crippen LogP contribution in [0.4, 0.5) is 22.7 Å². The van der Waals surface area contributed by atoms with Crippen molar-refractivity contribution in [1.29, 1.82) is 5.26 Å². The van der Waals surface area contributed by atoms with E-state index in [2.05, 4.69) is 20.5 Å². The van der Waals surface area contributed by atoms with Crippen LogP contribution in [0, 0.1) is 18.3 Å². The van der Waals surface area contributed by atoms with Gasteiger partial charge in [-0.25, -0.2) is 0 Å². The van der Waals surface area contributed by atoms with Gasteiger partial charge in [-0.15, -0.1) is 5.11 Å². The number of benzene rings is 2. The fraction of sp³-hybridized carbons (Fsp3) is 0.280. The number of ether oxygens (including phenoxy) is 1. The topological polar surface area (TPSA) is 125 Å². The number of hydrogen-bond acceptors (Lipinski definition) is 8. The van der Waals surface area contributed by atoms with Gasteiger partial charge in [0.15, 0.2) is 5.69 Å². The van der Waals surface area contributed by atoms with Gasteiger partial charge in [-0.05, 0) is 63.6 Å². The van der Waals surface area contributed by atoms with Crippen LogP contribution in [0.2, 0.25) is 0 Å². The summed E-state index contributed by atoms with van der Waals surface area (Å²) >= 11 is 0. The van der Waals surface area contributed by atoms with Crippen LogP contribution in [-0.2, 0) is 11.3 Å². The second kappa shape index (κ2) is 11.6. The number of azo groups is 2. The molecule has 1 aromatic heterocycles. The number of aromatic hydroxyl groups is 1. The molecule has 0 saturated heterocycles. The molecule has 34 heavy (non-hydrogen) atoms. The first-order valence-corrected chi connectivity index (χ1v) is 10.9. The second-order valence-electron chi connectivity index (χ2n) is 7.77. The summed E-state index contributed by atoms with van der Waals surface area (Å²) < 4.78 is 6.63. The van der Waals surface area contributed by atoms with E-state index >= 15 is 0 Å². The Hall–Kier alpha value is -4.16. The molecule has 0 aliphatic rings. The molecule has 0 radical (unpaired) electrons. The van der Waals surface area contributed by atoms with Crippen molar-refractivity contribution in [3.63, 3.8) is 0 Å². The molecule has 0 saturated carbocycles. The lowest BCUT2D eigenvalue weighted by Crippen LogP contribution is -2.24. The highest BCUT2D eigenvalue weighted by Gasteiger charge is 2.19. The number of rotatable bonds is 9. The van der Waals surface area contributed by atoms with Crippen LogP contribution in [-0.4, -0.2) is 22.4 Å². The van der Waals surface area contributed by atoms with Crippen molar-refractivity contribution in [3.8, 4) is 11.9 Å². The van der Waals surface area contributed by atoms with Crippen LogP contribution in [0.3, 0.4) is 0 Å². The molecule has 3 rings (SSSR count). The fourth-order valence-corrected chi connectivity index (χ4v) is 3.11. The van der Waals surface area contributed by atoms with Crippen molar-refractivity contribution in [3.05, 3.63) is 76.1 Å². The van der Waals surface area contributed by atoms with E-state index < -0.39 is 5.56 Å². The number of hydrogen-bond donors (Lipinski definition) is 1. The lowest BCUT2D eigenvalue weighted by Gasteiger charge is -2.13. The van der Waals surface area contributed by atoms with Gasteiger partial charge in [-0.1, -0.05) is 18.2 Å². The first kappa shape index (κ1) is 24.5. The van der Waals surface area contributed by atoms with Crippen LogP contribution in [0.15, 0.2) is 79.8 Å². The monoisotopic (exact) mass is 458 g/mol. The first-order chi connectivity index (χ1) is 16.4. The molecule has 0 spiro atoms. The molecule has 9 heteroatoms. The Balaban J connectivity index is 1.81. The molecular weight excluding hydrogens is 432 g/mol. The molecule has 0 aliphatic heterocycles. The van der Waals surface area contributed by atoms with Crippen molar-refractivity contribution in [1.82, 2.24) is 4.57 Å². The van der Waals surface area contributed by atoms with E-state index in [0.29, 0.717) is 24.4 Å². The number of aromatic nitrogens is 1. The molecular formula is C25H26N6O3. The summed E-state index contributed by atoms with van der Waals surface area (Å²) in [7, 11) is 0. The van der Waals surface area contributed by atoms with Gasteiger partial charge in [-0.2, -0.15) is 20.6 Å². The zero-order valence-electron chi connectivity index (χ0n) is 19.3. The third kappa shape index (κ3) is 6.21. The Morgan fingerprint density at radius 2 is 1.53 bits per heavy atom. The van der Waals surface area contributed by atoms with Crippen LogP contribution in [0.5, 0.6) is 5.88 Å². The molecule has 3 aromatic rings. The molecule has 1 N–H and O–H groups in total. The third-order valence-corrected chi connectivity index (χ3v) is 4.90. The molecule has 2 aromatic carbocycles. The van der Waals surface area contributed by atoms with Gasteiger partial charge in [0.1, 0.15) is 11.6 Å². The van der Waals surface area contributed by atoms with Crippen molar-refractivity contribution in [2.24, 2.45) is 20.5 Å². The summed E-state index contributed by atoms with van der Waals surface area (Å²) in [6.45, 7) is 6.01. The maximum absolute atomic E-state index is 12.6. The summed E-state index contributed by atoms with van der Waals surface area (Å²) in [5.41, 5.74) is 1.62. The van der Waals surface area contributed by atoms with E-state index in [1.54, 1.807) is 31.2 Å². The minimum Gasteiger partial charge on any atom is -0.493 e. The zero-order valence-corrected chi connectivity index (χ0v) is 19.3. The normalized spacial score (nSPS) is 11.5. The molecule has 0 fully saturated rings. The van der Waals surface area contributed by atoms with Crippen LogP contribution in [0.1, 0.15) is 31.4 Å². The molecule has 1 heterocycles. The standard InChI is InChI=1S/C25H26N6O3/c1-17(2)34-15-7-14-31-24(32)22(16-26)18(3)23(25(31)33)30-29-21-12-10-20(11-13-21)28-27-19-8-5-4-6-9-19/h4-6,8-13,17,33H,7,14-15H2,1-3H3/b28-27+,30-29+. The summed E-state index contributed by atoms with van der Waals surface area (Å²) in [4.78, 5) is 12.6. The maximum atomic E-state index is 12.6. The lowest BCUT2D eigenvalue weighted by molar-refractivity contribution is 0.0744. The molecule has 0 aliphatic carbocycles. The SMILES string of the molecule is Cc1c(/N=N/c2ccc(/N=N/c3ccccc3)cc2)c(O)n(CCCOC(C)C)c(=O)c1C#N. The van der Waals surface area contributed by atoms with Crippen molar-refractivity contribution >= 4 is 22.7 Å². The highest BCUT2D eigenvalue weighted by Crippen LogP contribution is 2.32. The largest absolute Gasteiger partial charge is 0.493 e. The number of pyridine rings is 1. The molecule has 0 unspecified atom stereocenters. The molecule has 9 nitrogen and oxygen atoms in total. The Kier molecular flexibility index (Phi) is 8.37. The minimum atomic E-state index is -0.561. The third-order valence-electron chi connectivity index (χ3n) is 4.90. The van der Waals surface area contributed by atoms with Crippen LogP contribution in [0.25, 0.3) is 0 Å². The average Bonchev–Trinajstić information content (AvgIpc) is 2.83. The second-order valence-corrected chi connectivity index (χ2v) is 7.77. The van der Waals surface area contributed by atoms with Crippen molar-refractivity contribution in [2.45, 2.75) is 39.8 Å². The van der Waals surface area contributed by atoms with Gasteiger partial charge in [-0.3, -0.25) is 9.36 Å². The lowest BCUT2D eigenvalue weighted by atomic mass is 10.1. The Labute approximate surface area is 197 Å². The predicted molar refractivity (Wildman–Crippen MR) is 129 cm³/mol. The van der Waals surface area contributed by atoms with E-state index in [9.17, 15) is 15.2 Å². The van der Waals surface area contributed by atoms with Gasteiger partial charge in [0.05, 0.1) is 23.2 Å². The summed E-state index contributed by atoms with van der Waals surface area (Å²) in [6.07, 6.45) is 0.559. The Morgan fingerprint density at radius 1 is 0.971 bits per heavy atom. The average molecular weight is 459 g/mol. The smallest absolute Gasteiger partial charge is 0.271 e. The van der Waals surface area contributed by atoms with E-state index in [4.69, 9.17) is 4.74 Å². The maximum Gasteiger partial charge on any atom is 0.271 e. The quantitative estimate of drug-likeness (QED) is 0.295. The molecule has 0 amide bonds. The van der Waals surface area contributed by atoms with Crippen LogP contribution < -0.4 is 5.56 Å². The van der Waals surface area contributed by atoms with Crippen molar-refractivity contribution < 1.29 is 9.84 Å². The van der Waals surface area contributed by atoms with Gasteiger partial charge in [0.2, 0.25) is 5.88 Å². The summed E-state index contributed by atoms with van der Waals surface area (Å²) in [5, 5.41) is 36.8. The minimum absolute atomic E-state index is 0.0635. The van der Waals surface area contributed by atoms with E-state index in [-0.39, 0.29) is 35.3 Å². The van der Waals surface area contributed by atoms with E-state index in [0.717, 1.165) is 10.3 Å². The Bertz CT molecular complexity index is 1270. The Morgan fingerprint density at radius 3 is 2.09 bits per heavy atom. The summed E-state index contributed by atoms with van der Waals surface area (Å²) in [5.74, 6) is -0.330. The van der Waals surface area contributed by atoms with Gasteiger partial charge < -0.3 is 9.84 Å². The highest BCUT2D eigenvalue weighted by molar-refractivity contribution is 5.59. The zero-order chi connectivity index (χ0) is 24.5. The molecule has 174 valence electrons. The molecule has 0 bridgehead atoms. The number of nitriles is 1. The number of nitrogens with zero attached hydrogens (tertiary/aromatic N) is 6. The van der Waals surface area contributed by atoms with Gasteiger partial charge in [0, 0.05) is 18.7 Å². The van der Waals surface area contributed by atoms with Gasteiger partial charge in [0.25, 0.3) is 5.56 Å². The first-order valence-electron chi connectivity index (χ1n) is 10.9. The molecule has 0 atom stereocenters. The summed E-state index contributed by atoms with van der Waals surface area (Å²) in [6, 6.07) is 18.2. The van der Waals surface area contributed by atoms with E-state index in [1.807, 2.05) is 50.2 Å². The highest BCUT2D eigenvalue weighted by atomic mass is 16.5. The van der Waals surface area contributed by atoms with Gasteiger partial charge >= 0.3 is 0 Å². The predicted octanol–water partition coefficient (Wildman–Crippen LogP) is 6.38. The van der Waals surface area contributed by atoms with Crippen molar-refractivity contribution in [2.75, 3.05) is 6.61 Å². The fourth-order valence-electron chi connectivity index (χ4n) is 3.11. The van der Waals surface area contributed by atoms with E-state index in [1.165, 1.54) is 0 Å². The van der Waals surface area contributed by atoms with Crippen LogP contribution >= 0.6 is 0 Å².